The average molecular weight is 309 g/mol. The quantitative estimate of drug-likeness (QED) is 0.782. The minimum absolute atomic E-state index is 0.100. The summed E-state index contributed by atoms with van der Waals surface area (Å²) < 4.78 is 1.02. The molecule has 1 amide bonds. The third-order valence-electron chi connectivity index (χ3n) is 3.08. The molecule has 0 radical (unpaired) electrons. The van der Waals surface area contributed by atoms with Crippen LogP contribution in [0.3, 0.4) is 0 Å². The lowest BCUT2D eigenvalue weighted by Crippen LogP contribution is -2.46. The van der Waals surface area contributed by atoms with Crippen LogP contribution in [0.4, 0.5) is 0 Å². The molecule has 0 bridgehead atoms. The molecule has 0 atom stereocenters. The molecule has 0 unspecified atom stereocenters. The summed E-state index contributed by atoms with van der Waals surface area (Å²) in [7, 11) is 2.08. The van der Waals surface area contributed by atoms with Crippen molar-refractivity contribution in [1.82, 2.24) is 9.80 Å². The molecule has 1 saturated heterocycles. The van der Waals surface area contributed by atoms with Crippen molar-refractivity contribution in [3.05, 3.63) is 40.4 Å². The van der Waals surface area contributed by atoms with E-state index in [4.69, 9.17) is 0 Å². The second-order valence-electron chi connectivity index (χ2n) is 4.52. The lowest BCUT2D eigenvalue weighted by atomic mass is 10.2. The van der Waals surface area contributed by atoms with E-state index in [2.05, 4.69) is 27.9 Å². The van der Waals surface area contributed by atoms with Crippen LogP contribution in [0, 0.1) is 0 Å². The van der Waals surface area contributed by atoms with Crippen LogP contribution in [0.2, 0.25) is 0 Å². The van der Waals surface area contributed by atoms with Crippen molar-refractivity contribution >= 4 is 27.9 Å². The fourth-order valence-corrected chi connectivity index (χ4v) is 2.33. The summed E-state index contributed by atoms with van der Waals surface area (Å²) in [5.41, 5.74) is 1.03. The van der Waals surface area contributed by atoms with Crippen molar-refractivity contribution in [2.75, 3.05) is 33.2 Å². The van der Waals surface area contributed by atoms with E-state index in [0.29, 0.717) is 0 Å². The zero-order valence-corrected chi connectivity index (χ0v) is 12.1. The normalized spacial score (nSPS) is 17.3. The maximum absolute atomic E-state index is 12.0. The molecule has 0 aliphatic carbocycles. The largest absolute Gasteiger partial charge is 0.337 e. The lowest BCUT2D eigenvalue weighted by Gasteiger charge is -2.31. The van der Waals surface area contributed by atoms with Crippen molar-refractivity contribution in [3.8, 4) is 0 Å². The molecule has 1 heterocycles. The van der Waals surface area contributed by atoms with Gasteiger partial charge in [0.05, 0.1) is 0 Å². The highest BCUT2D eigenvalue weighted by Gasteiger charge is 2.16. The molecule has 1 aliphatic heterocycles. The van der Waals surface area contributed by atoms with Crippen LogP contribution in [0.1, 0.15) is 5.56 Å². The van der Waals surface area contributed by atoms with Gasteiger partial charge in [0, 0.05) is 36.7 Å². The van der Waals surface area contributed by atoms with Gasteiger partial charge in [0.2, 0.25) is 5.91 Å². The van der Waals surface area contributed by atoms with Crippen LogP contribution >= 0.6 is 15.9 Å². The van der Waals surface area contributed by atoms with Gasteiger partial charge in [0.1, 0.15) is 0 Å². The first-order valence-corrected chi connectivity index (χ1v) is 6.85. The first kappa shape index (κ1) is 13.3. The highest BCUT2D eigenvalue weighted by Crippen LogP contribution is 2.13. The third kappa shape index (κ3) is 3.68. The second kappa shape index (κ2) is 6.16. The van der Waals surface area contributed by atoms with Gasteiger partial charge in [-0.3, -0.25) is 4.79 Å². The van der Waals surface area contributed by atoms with Gasteiger partial charge in [0.15, 0.2) is 0 Å². The zero-order chi connectivity index (χ0) is 13.0. The second-order valence-corrected chi connectivity index (χ2v) is 5.43. The standard InChI is InChI=1S/C14H17BrN2O/c1-16-7-9-17(10-8-16)14(18)6-5-12-3-2-4-13(15)11-12/h2-6,11H,7-10H2,1H3. The number of hydrogen-bond acceptors (Lipinski definition) is 2. The van der Waals surface area contributed by atoms with Crippen LogP contribution in [0.25, 0.3) is 6.08 Å². The first-order valence-electron chi connectivity index (χ1n) is 6.06. The van der Waals surface area contributed by atoms with Crippen LogP contribution in [-0.2, 0) is 4.79 Å². The monoisotopic (exact) mass is 308 g/mol. The van der Waals surface area contributed by atoms with Crippen molar-refractivity contribution in [2.45, 2.75) is 0 Å². The Kier molecular flexibility index (Phi) is 4.55. The number of hydrogen-bond donors (Lipinski definition) is 0. The molecule has 1 aromatic carbocycles. The van der Waals surface area contributed by atoms with E-state index in [1.165, 1.54) is 0 Å². The number of likely N-dealkylation sites (N-methyl/N-ethyl adjacent to an activating group) is 1. The summed E-state index contributed by atoms with van der Waals surface area (Å²) in [5.74, 6) is 0.100. The van der Waals surface area contributed by atoms with Crippen LogP contribution in [-0.4, -0.2) is 48.9 Å². The molecular weight excluding hydrogens is 292 g/mol. The van der Waals surface area contributed by atoms with E-state index in [0.717, 1.165) is 36.2 Å². The molecule has 0 aromatic heterocycles. The lowest BCUT2D eigenvalue weighted by molar-refractivity contribution is -0.127. The van der Waals surface area contributed by atoms with Gasteiger partial charge in [-0.15, -0.1) is 0 Å². The summed E-state index contributed by atoms with van der Waals surface area (Å²) in [5, 5.41) is 0. The van der Waals surface area contributed by atoms with E-state index in [1.54, 1.807) is 6.08 Å². The number of benzene rings is 1. The number of amides is 1. The van der Waals surface area contributed by atoms with E-state index in [1.807, 2.05) is 35.2 Å². The molecule has 1 aliphatic rings. The zero-order valence-electron chi connectivity index (χ0n) is 10.5. The third-order valence-corrected chi connectivity index (χ3v) is 3.58. The van der Waals surface area contributed by atoms with Gasteiger partial charge in [-0.05, 0) is 30.8 Å². The smallest absolute Gasteiger partial charge is 0.246 e. The molecular formula is C14H17BrN2O. The van der Waals surface area contributed by atoms with Gasteiger partial charge in [-0.2, -0.15) is 0 Å². The predicted octanol–water partition coefficient (Wildman–Crippen LogP) is 2.24. The first-order chi connectivity index (χ1) is 8.65. The molecule has 96 valence electrons. The summed E-state index contributed by atoms with van der Waals surface area (Å²) >= 11 is 3.42. The van der Waals surface area contributed by atoms with Crippen LogP contribution in [0.15, 0.2) is 34.8 Å². The fraction of sp³-hybridized carbons (Fsp3) is 0.357. The Hall–Kier alpha value is -1.13. The van der Waals surface area contributed by atoms with E-state index in [-0.39, 0.29) is 5.91 Å². The minimum atomic E-state index is 0.100. The van der Waals surface area contributed by atoms with Gasteiger partial charge in [-0.1, -0.05) is 28.1 Å². The van der Waals surface area contributed by atoms with Crippen molar-refractivity contribution in [1.29, 1.82) is 0 Å². The average Bonchev–Trinajstić information content (AvgIpc) is 2.37. The van der Waals surface area contributed by atoms with Gasteiger partial charge in [-0.25, -0.2) is 0 Å². The molecule has 1 aromatic rings. The molecule has 18 heavy (non-hydrogen) atoms. The summed E-state index contributed by atoms with van der Waals surface area (Å²) in [6, 6.07) is 7.91. The molecule has 0 saturated carbocycles. The molecule has 1 fully saturated rings. The topological polar surface area (TPSA) is 23.6 Å². The highest BCUT2D eigenvalue weighted by molar-refractivity contribution is 9.10. The Morgan fingerprint density at radius 1 is 1.28 bits per heavy atom. The van der Waals surface area contributed by atoms with Gasteiger partial charge >= 0.3 is 0 Å². The number of piperazine rings is 1. The molecule has 3 nitrogen and oxygen atoms in total. The molecule has 2 rings (SSSR count). The van der Waals surface area contributed by atoms with Crippen molar-refractivity contribution in [3.63, 3.8) is 0 Å². The SMILES string of the molecule is CN1CCN(C(=O)C=Cc2cccc(Br)c2)CC1. The molecule has 0 spiro atoms. The summed E-state index contributed by atoms with van der Waals surface area (Å²) in [6.07, 6.45) is 3.53. The number of nitrogens with zero attached hydrogens (tertiary/aromatic N) is 2. The Morgan fingerprint density at radius 2 is 2.00 bits per heavy atom. The van der Waals surface area contributed by atoms with Crippen molar-refractivity contribution < 1.29 is 4.79 Å². The fourth-order valence-electron chi connectivity index (χ4n) is 1.91. The number of carbonyl (C=O) groups is 1. The van der Waals surface area contributed by atoms with Gasteiger partial charge in [0.25, 0.3) is 0 Å². The maximum atomic E-state index is 12.0. The van der Waals surface area contributed by atoms with E-state index < -0.39 is 0 Å². The molecule has 0 N–H and O–H groups in total. The summed E-state index contributed by atoms with van der Waals surface area (Å²) in [4.78, 5) is 16.1. The highest BCUT2D eigenvalue weighted by atomic mass is 79.9. The van der Waals surface area contributed by atoms with Crippen LogP contribution < -0.4 is 0 Å². The number of halogens is 1. The predicted molar refractivity (Wildman–Crippen MR) is 77.3 cm³/mol. The van der Waals surface area contributed by atoms with Crippen LogP contribution in [0.5, 0.6) is 0 Å². The Bertz CT molecular complexity index is 451. The van der Waals surface area contributed by atoms with Gasteiger partial charge < -0.3 is 9.80 Å². The maximum Gasteiger partial charge on any atom is 0.246 e. The summed E-state index contributed by atoms with van der Waals surface area (Å²) in [6.45, 7) is 3.54. The van der Waals surface area contributed by atoms with Crippen molar-refractivity contribution in [2.24, 2.45) is 0 Å². The molecule has 4 heteroatoms. The Labute approximate surface area is 116 Å². The number of carbonyl (C=O) groups excluding carboxylic acids is 1. The Morgan fingerprint density at radius 3 is 2.67 bits per heavy atom. The van der Waals surface area contributed by atoms with E-state index in [9.17, 15) is 4.79 Å². The minimum Gasteiger partial charge on any atom is -0.337 e. The number of rotatable bonds is 2. The van der Waals surface area contributed by atoms with E-state index >= 15 is 0 Å². The Balaban J connectivity index is 1.94.